The normalized spacial score (nSPS) is 26.1. The fraction of sp³-hybridized carbons (Fsp3) is 0.444. The first-order valence-corrected chi connectivity index (χ1v) is 8.93. The van der Waals surface area contributed by atoms with Crippen molar-refractivity contribution in [3.63, 3.8) is 0 Å². The third-order valence-electron chi connectivity index (χ3n) is 4.59. The number of nitrogens with zero attached hydrogens (tertiary/aromatic N) is 1. The number of amides is 2. The van der Waals surface area contributed by atoms with Gasteiger partial charge in [0.1, 0.15) is 0 Å². The quantitative estimate of drug-likeness (QED) is 0.846. The average Bonchev–Trinajstić information content (AvgIpc) is 2.54. The number of hydrogen-bond donors (Lipinski definition) is 1. The molecule has 23 heavy (non-hydrogen) atoms. The first kappa shape index (κ1) is 16.1. The van der Waals surface area contributed by atoms with Crippen LogP contribution >= 0.6 is 11.8 Å². The molecule has 1 aromatic rings. The maximum Gasteiger partial charge on any atom is 0.265 e. The molecule has 0 bridgehead atoms. The van der Waals surface area contributed by atoms with Gasteiger partial charge in [0.25, 0.3) is 5.91 Å². The Morgan fingerprint density at radius 1 is 1.26 bits per heavy atom. The minimum atomic E-state index is -0.159. The van der Waals surface area contributed by atoms with Gasteiger partial charge in [0, 0.05) is 24.1 Å². The lowest BCUT2D eigenvalue weighted by molar-refractivity contribution is -0.118. The number of likely N-dealkylation sites (N-methyl/N-ethyl adjacent to an activating group) is 1. The third kappa shape index (κ3) is 3.61. The van der Waals surface area contributed by atoms with Crippen molar-refractivity contribution >= 4 is 29.3 Å². The van der Waals surface area contributed by atoms with Crippen molar-refractivity contribution in [1.82, 2.24) is 5.32 Å². The van der Waals surface area contributed by atoms with Gasteiger partial charge in [-0.05, 0) is 43.7 Å². The highest BCUT2D eigenvalue weighted by Crippen LogP contribution is 2.40. The van der Waals surface area contributed by atoms with E-state index in [2.05, 4.69) is 12.2 Å². The second-order valence-electron chi connectivity index (χ2n) is 6.41. The summed E-state index contributed by atoms with van der Waals surface area (Å²) in [5.74, 6) is 0.469. The summed E-state index contributed by atoms with van der Waals surface area (Å²) in [4.78, 5) is 27.8. The topological polar surface area (TPSA) is 49.4 Å². The molecule has 2 aliphatic rings. The number of benzene rings is 1. The second-order valence-corrected chi connectivity index (χ2v) is 7.49. The van der Waals surface area contributed by atoms with Crippen LogP contribution in [-0.2, 0) is 9.59 Å². The zero-order valence-electron chi connectivity index (χ0n) is 13.5. The van der Waals surface area contributed by atoms with Gasteiger partial charge >= 0.3 is 0 Å². The molecule has 0 atom stereocenters. The molecule has 1 heterocycles. The molecule has 0 spiro atoms. The van der Waals surface area contributed by atoms with E-state index in [0.717, 1.165) is 42.2 Å². The Balaban J connectivity index is 1.70. The standard InChI is InChI=1S/C18H22N2O2S/c1-12-7-9-13(10-8-12)19-17(21)11-16-18(22)20(2)14-5-3-4-6-15(14)23-16/h3-6,11-13H,7-10H2,1-2H3,(H,19,21)/b16-11+. The molecule has 0 unspecified atom stereocenters. The Bertz CT molecular complexity index is 648. The summed E-state index contributed by atoms with van der Waals surface area (Å²) in [5, 5.41) is 3.05. The molecule has 2 amide bonds. The highest BCUT2D eigenvalue weighted by molar-refractivity contribution is 8.04. The van der Waals surface area contributed by atoms with Gasteiger partial charge < -0.3 is 10.2 Å². The number of carbonyl (C=O) groups is 2. The van der Waals surface area contributed by atoms with Crippen LogP contribution in [0, 0.1) is 5.92 Å². The third-order valence-corrected chi connectivity index (χ3v) is 5.66. The Morgan fingerprint density at radius 2 is 1.96 bits per heavy atom. The zero-order valence-corrected chi connectivity index (χ0v) is 14.4. The molecular weight excluding hydrogens is 308 g/mol. The molecule has 1 aliphatic heterocycles. The van der Waals surface area contributed by atoms with E-state index >= 15 is 0 Å². The number of carbonyl (C=O) groups excluding carboxylic acids is 2. The average molecular weight is 330 g/mol. The molecular formula is C18H22N2O2S. The number of hydrogen-bond acceptors (Lipinski definition) is 3. The lowest BCUT2D eigenvalue weighted by Gasteiger charge is -2.28. The molecule has 3 rings (SSSR count). The van der Waals surface area contributed by atoms with E-state index in [0.29, 0.717) is 4.91 Å². The Hall–Kier alpha value is -1.75. The van der Waals surface area contributed by atoms with Crippen LogP contribution in [0.3, 0.4) is 0 Å². The van der Waals surface area contributed by atoms with Crippen LogP contribution in [0.2, 0.25) is 0 Å². The molecule has 1 saturated carbocycles. The number of rotatable bonds is 2. The number of anilines is 1. The van der Waals surface area contributed by atoms with Crippen LogP contribution in [-0.4, -0.2) is 24.9 Å². The highest BCUT2D eigenvalue weighted by atomic mass is 32.2. The second kappa shape index (κ2) is 6.79. The lowest BCUT2D eigenvalue weighted by atomic mass is 9.87. The van der Waals surface area contributed by atoms with Crippen molar-refractivity contribution in [2.45, 2.75) is 43.5 Å². The van der Waals surface area contributed by atoms with Crippen molar-refractivity contribution in [3.05, 3.63) is 35.2 Å². The van der Waals surface area contributed by atoms with E-state index in [9.17, 15) is 9.59 Å². The van der Waals surface area contributed by atoms with Crippen LogP contribution in [0.15, 0.2) is 40.1 Å². The van der Waals surface area contributed by atoms with Gasteiger partial charge in [-0.1, -0.05) is 30.8 Å². The van der Waals surface area contributed by atoms with E-state index in [4.69, 9.17) is 0 Å². The number of fused-ring (bicyclic) bond motifs is 1. The fourth-order valence-corrected chi connectivity index (χ4v) is 4.20. The maximum atomic E-state index is 12.4. The van der Waals surface area contributed by atoms with Crippen LogP contribution in [0.1, 0.15) is 32.6 Å². The van der Waals surface area contributed by atoms with Crippen molar-refractivity contribution < 1.29 is 9.59 Å². The van der Waals surface area contributed by atoms with Crippen LogP contribution in [0.5, 0.6) is 0 Å². The summed E-state index contributed by atoms with van der Waals surface area (Å²) >= 11 is 1.37. The molecule has 0 radical (unpaired) electrons. The lowest BCUT2D eigenvalue weighted by Crippen LogP contribution is -2.37. The van der Waals surface area contributed by atoms with Gasteiger partial charge in [-0.2, -0.15) is 0 Å². The highest BCUT2D eigenvalue weighted by Gasteiger charge is 2.27. The number of thioether (sulfide) groups is 1. The Labute approximate surface area is 141 Å². The maximum absolute atomic E-state index is 12.4. The largest absolute Gasteiger partial charge is 0.350 e. The predicted molar refractivity (Wildman–Crippen MR) is 93.4 cm³/mol. The Morgan fingerprint density at radius 3 is 2.70 bits per heavy atom. The molecule has 1 aromatic carbocycles. The molecule has 0 aromatic heterocycles. The van der Waals surface area contributed by atoms with Crippen molar-refractivity contribution in [2.75, 3.05) is 11.9 Å². The van der Waals surface area contributed by atoms with Crippen LogP contribution < -0.4 is 10.2 Å². The SMILES string of the molecule is CC1CCC(NC(=O)/C=C2/Sc3ccccc3N(C)C2=O)CC1. The monoisotopic (exact) mass is 330 g/mol. The fourth-order valence-electron chi connectivity index (χ4n) is 3.11. The minimum absolute atomic E-state index is 0.124. The van der Waals surface area contributed by atoms with Crippen molar-refractivity contribution in [3.8, 4) is 0 Å². The van der Waals surface area contributed by atoms with Crippen LogP contribution in [0.4, 0.5) is 5.69 Å². The Kier molecular flexibility index (Phi) is 4.76. The molecule has 5 heteroatoms. The van der Waals surface area contributed by atoms with Gasteiger partial charge in [0.15, 0.2) is 0 Å². The summed E-state index contributed by atoms with van der Waals surface area (Å²) in [5.41, 5.74) is 0.890. The van der Waals surface area contributed by atoms with Gasteiger partial charge in [-0.15, -0.1) is 0 Å². The molecule has 1 N–H and O–H groups in total. The first-order valence-electron chi connectivity index (χ1n) is 8.11. The van der Waals surface area contributed by atoms with E-state index in [1.165, 1.54) is 17.8 Å². The van der Waals surface area contributed by atoms with E-state index in [1.807, 2.05) is 24.3 Å². The molecule has 4 nitrogen and oxygen atoms in total. The molecule has 1 aliphatic carbocycles. The zero-order chi connectivity index (χ0) is 16.4. The minimum Gasteiger partial charge on any atom is -0.350 e. The molecule has 122 valence electrons. The summed E-state index contributed by atoms with van der Waals surface area (Å²) < 4.78 is 0. The number of para-hydroxylation sites is 1. The summed E-state index contributed by atoms with van der Waals surface area (Å²) in [6.07, 6.45) is 5.83. The van der Waals surface area contributed by atoms with E-state index in [-0.39, 0.29) is 17.9 Å². The van der Waals surface area contributed by atoms with Gasteiger partial charge in [-0.25, -0.2) is 0 Å². The molecule has 1 fully saturated rings. The van der Waals surface area contributed by atoms with Gasteiger partial charge in [0.2, 0.25) is 5.91 Å². The summed E-state index contributed by atoms with van der Waals surface area (Å²) in [6, 6.07) is 7.98. The predicted octanol–water partition coefficient (Wildman–Crippen LogP) is 3.33. The van der Waals surface area contributed by atoms with E-state index in [1.54, 1.807) is 11.9 Å². The van der Waals surface area contributed by atoms with Gasteiger partial charge in [-0.3, -0.25) is 9.59 Å². The summed E-state index contributed by atoms with van der Waals surface area (Å²) in [7, 11) is 1.75. The summed E-state index contributed by atoms with van der Waals surface area (Å²) in [6.45, 7) is 2.25. The molecule has 0 saturated heterocycles. The van der Waals surface area contributed by atoms with Crippen LogP contribution in [0.25, 0.3) is 0 Å². The smallest absolute Gasteiger partial charge is 0.265 e. The first-order chi connectivity index (χ1) is 11.0. The number of nitrogens with one attached hydrogen (secondary N) is 1. The van der Waals surface area contributed by atoms with E-state index < -0.39 is 0 Å². The van der Waals surface area contributed by atoms with Crippen molar-refractivity contribution in [2.24, 2.45) is 5.92 Å². The van der Waals surface area contributed by atoms with Gasteiger partial charge in [0.05, 0.1) is 10.6 Å². The van der Waals surface area contributed by atoms with Crippen molar-refractivity contribution in [1.29, 1.82) is 0 Å².